The first-order valence-corrected chi connectivity index (χ1v) is 8.81. The van der Waals surface area contributed by atoms with Crippen molar-refractivity contribution >= 4 is 5.91 Å². The molecule has 0 aliphatic heterocycles. The van der Waals surface area contributed by atoms with E-state index in [1.165, 1.54) is 22.1 Å². The SMILES string of the molecule is COc1ccc(C(=O)NC2CC(C)(C)c3ccccc32)cc1-n1cnnn1. The van der Waals surface area contributed by atoms with Crippen molar-refractivity contribution in [3.8, 4) is 11.4 Å². The second kappa shape index (κ2) is 6.50. The van der Waals surface area contributed by atoms with Crippen LogP contribution in [0.3, 0.4) is 0 Å². The number of methoxy groups -OCH3 is 1. The molecule has 2 aromatic carbocycles. The Balaban J connectivity index is 1.62. The second-order valence-corrected chi connectivity index (χ2v) is 7.34. The Labute approximate surface area is 157 Å². The van der Waals surface area contributed by atoms with E-state index in [9.17, 15) is 4.79 Å². The number of fused-ring (bicyclic) bond motifs is 1. The van der Waals surface area contributed by atoms with Crippen LogP contribution < -0.4 is 10.1 Å². The highest BCUT2D eigenvalue weighted by atomic mass is 16.5. The van der Waals surface area contributed by atoms with Crippen LogP contribution in [0.25, 0.3) is 5.69 Å². The quantitative estimate of drug-likeness (QED) is 0.771. The van der Waals surface area contributed by atoms with Gasteiger partial charge in [-0.2, -0.15) is 4.68 Å². The number of carbonyl (C=O) groups excluding carboxylic acids is 1. The molecule has 1 aromatic heterocycles. The number of nitrogens with zero attached hydrogens (tertiary/aromatic N) is 4. The number of tetrazole rings is 1. The van der Waals surface area contributed by atoms with Gasteiger partial charge in [0.25, 0.3) is 5.91 Å². The summed E-state index contributed by atoms with van der Waals surface area (Å²) in [6.07, 6.45) is 2.34. The van der Waals surface area contributed by atoms with Gasteiger partial charge in [0.15, 0.2) is 0 Å². The van der Waals surface area contributed by atoms with Crippen molar-refractivity contribution < 1.29 is 9.53 Å². The Hall–Kier alpha value is -3.22. The fourth-order valence-corrected chi connectivity index (χ4v) is 3.80. The molecule has 0 bridgehead atoms. The first-order chi connectivity index (χ1) is 13.0. The van der Waals surface area contributed by atoms with Gasteiger partial charge in [0.2, 0.25) is 0 Å². The lowest BCUT2D eigenvalue weighted by atomic mass is 9.86. The molecule has 0 saturated carbocycles. The summed E-state index contributed by atoms with van der Waals surface area (Å²) in [5.74, 6) is 0.454. The fourth-order valence-electron chi connectivity index (χ4n) is 3.80. The molecule has 1 amide bonds. The molecule has 0 radical (unpaired) electrons. The predicted octanol–water partition coefficient (Wildman–Crippen LogP) is 2.82. The minimum absolute atomic E-state index is 0.0118. The Morgan fingerprint density at radius 2 is 2.07 bits per heavy atom. The monoisotopic (exact) mass is 363 g/mol. The molecule has 1 N–H and O–H groups in total. The number of hydrogen-bond donors (Lipinski definition) is 1. The van der Waals surface area contributed by atoms with E-state index < -0.39 is 0 Å². The number of aromatic nitrogens is 4. The number of amides is 1. The minimum atomic E-state index is -0.135. The highest BCUT2D eigenvalue weighted by Crippen LogP contribution is 2.44. The molecule has 27 heavy (non-hydrogen) atoms. The zero-order valence-electron chi connectivity index (χ0n) is 15.5. The number of benzene rings is 2. The maximum atomic E-state index is 12.9. The summed E-state index contributed by atoms with van der Waals surface area (Å²) in [6, 6.07) is 13.5. The van der Waals surface area contributed by atoms with Gasteiger partial charge in [-0.05, 0) is 51.6 Å². The van der Waals surface area contributed by atoms with Crippen LogP contribution in [0.15, 0.2) is 48.8 Å². The zero-order valence-corrected chi connectivity index (χ0v) is 15.5. The molecule has 1 aliphatic carbocycles. The van der Waals surface area contributed by atoms with Crippen LogP contribution in [-0.2, 0) is 5.41 Å². The van der Waals surface area contributed by atoms with Gasteiger partial charge in [-0.3, -0.25) is 4.79 Å². The van der Waals surface area contributed by atoms with Crippen LogP contribution in [0.4, 0.5) is 0 Å². The average Bonchev–Trinajstić information content (AvgIpc) is 3.29. The minimum Gasteiger partial charge on any atom is -0.494 e. The van der Waals surface area contributed by atoms with Crippen LogP contribution in [0, 0.1) is 0 Å². The number of carbonyl (C=O) groups is 1. The van der Waals surface area contributed by atoms with E-state index >= 15 is 0 Å². The van der Waals surface area contributed by atoms with E-state index in [1.807, 2.05) is 12.1 Å². The maximum Gasteiger partial charge on any atom is 0.251 e. The second-order valence-electron chi connectivity index (χ2n) is 7.34. The lowest BCUT2D eigenvalue weighted by Gasteiger charge is -2.19. The van der Waals surface area contributed by atoms with E-state index in [0.717, 1.165) is 6.42 Å². The molecular weight excluding hydrogens is 342 g/mol. The van der Waals surface area contributed by atoms with Crippen LogP contribution in [0.5, 0.6) is 5.75 Å². The molecule has 1 unspecified atom stereocenters. The van der Waals surface area contributed by atoms with Crippen LogP contribution in [0.1, 0.15) is 47.8 Å². The number of nitrogens with one attached hydrogen (secondary N) is 1. The lowest BCUT2D eigenvalue weighted by molar-refractivity contribution is 0.0934. The third kappa shape index (κ3) is 3.05. The lowest BCUT2D eigenvalue weighted by Crippen LogP contribution is -2.28. The maximum absolute atomic E-state index is 12.9. The molecule has 1 aliphatic rings. The number of rotatable bonds is 4. The summed E-state index contributed by atoms with van der Waals surface area (Å²) < 4.78 is 6.84. The Morgan fingerprint density at radius 3 is 2.81 bits per heavy atom. The van der Waals surface area contributed by atoms with E-state index in [0.29, 0.717) is 17.0 Å². The highest BCUT2D eigenvalue weighted by Gasteiger charge is 2.37. The van der Waals surface area contributed by atoms with Gasteiger partial charge in [0.05, 0.1) is 13.2 Å². The normalized spacial score (nSPS) is 17.4. The van der Waals surface area contributed by atoms with Crippen molar-refractivity contribution in [3.63, 3.8) is 0 Å². The molecule has 138 valence electrons. The van der Waals surface area contributed by atoms with Gasteiger partial charge in [-0.1, -0.05) is 38.1 Å². The predicted molar refractivity (Wildman–Crippen MR) is 100.0 cm³/mol. The molecule has 0 saturated heterocycles. The molecule has 1 atom stereocenters. The number of hydrogen-bond acceptors (Lipinski definition) is 5. The van der Waals surface area contributed by atoms with Crippen molar-refractivity contribution in [3.05, 3.63) is 65.5 Å². The molecule has 7 nitrogen and oxygen atoms in total. The van der Waals surface area contributed by atoms with E-state index in [4.69, 9.17) is 4.74 Å². The molecule has 3 aromatic rings. The highest BCUT2D eigenvalue weighted by molar-refractivity contribution is 5.95. The average molecular weight is 363 g/mol. The Morgan fingerprint density at radius 1 is 1.26 bits per heavy atom. The Kier molecular flexibility index (Phi) is 4.14. The van der Waals surface area contributed by atoms with Gasteiger partial charge in [-0.15, -0.1) is 5.10 Å². The topological polar surface area (TPSA) is 81.9 Å². The van der Waals surface area contributed by atoms with E-state index in [1.54, 1.807) is 25.3 Å². The molecule has 0 fully saturated rings. The molecule has 1 heterocycles. The van der Waals surface area contributed by atoms with Crippen LogP contribution >= 0.6 is 0 Å². The smallest absolute Gasteiger partial charge is 0.251 e. The van der Waals surface area contributed by atoms with Gasteiger partial charge < -0.3 is 10.1 Å². The van der Waals surface area contributed by atoms with Crippen molar-refractivity contribution in [2.45, 2.75) is 31.7 Å². The van der Waals surface area contributed by atoms with Gasteiger partial charge in [-0.25, -0.2) is 0 Å². The van der Waals surface area contributed by atoms with Crippen molar-refractivity contribution in [2.24, 2.45) is 0 Å². The Bertz CT molecular complexity index is 982. The first kappa shape index (κ1) is 17.2. The standard InChI is InChI=1S/C20H21N5O2/c1-20(2)11-16(14-6-4-5-7-15(14)20)22-19(26)13-8-9-18(27-3)17(10-13)25-12-21-23-24-25/h4-10,12,16H,11H2,1-3H3,(H,22,26). The van der Waals surface area contributed by atoms with E-state index in [-0.39, 0.29) is 17.4 Å². The van der Waals surface area contributed by atoms with E-state index in [2.05, 4.69) is 46.8 Å². The largest absolute Gasteiger partial charge is 0.494 e. The van der Waals surface area contributed by atoms with Gasteiger partial charge in [0, 0.05) is 5.56 Å². The summed E-state index contributed by atoms with van der Waals surface area (Å²) in [6.45, 7) is 4.42. The molecular formula is C20H21N5O2. The van der Waals surface area contributed by atoms with Crippen LogP contribution in [-0.4, -0.2) is 33.2 Å². The van der Waals surface area contributed by atoms with Gasteiger partial charge >= 0.3 is 0 Å². The van der Waals surface area contributed by atoms with Crippen molar-refractivity contribution in [1.82, 2.24) is 25.5 Å². The van der Waals surface area contributed by atoms with Gasteiger partial charge in [0.1, 0.15) is 17.8 Å². The van der Waals surface area contributed by atoms with Crippen LogP contribution in [0.2, 0.25) is 0 Å². The summed E-state index contributed by atoms with van der Waals surface area (Å²) >= 11 is 0. The summed E-state index contributed by atoms with van der Waals surface area (Å²) in [5.41, 5.74) is 3.65. The summed E-state index contributed by atoms with van der Waals surface area (Å²) in [4.78, 5) is 12.9. The third-order valence-corrected chi connectivity index (χ3v) is 5.12. The molecule has 0 spiro atoms. The number of ether oxygens (including phenoxy) is 1. The fraction of sp³-hybridized carbons (Fsp3) is 0.300. The zero-order chi connectivity index (χ0) is 19.0. The first-order valence-electron chi connectivity index (χ1n) is 8.81. The molecule has 4 rings (SSSR count). The third-order valence-electron chi connectivity index (χ3n) is 5.12. The summed E-state index contributed by atoms with van der Waals surface area (Å²) in [7, 11) is 1.57. The van der Waals surface area contributed by atoms with Crippen molar-refractivity contribution in [2.75, 3.05) is 7.11 Å². The molecule has 7 heteroatoms. The summed E-state index contributed by atoms with van der Waals surface area (Å²) in [5, 5.41) is 14.4. The van der Waals surface area contributed by atoms with Crippen molar-refractivity contribution in [1.29, 1.82) is 0 Å².